The van der Waals surface area contributed by atoms with Crippen LogP contribution in [0, 0.1) is 0 Å². The molecule has 0 aliphatic heterocycles. The number of carbonyl (C=O) groups is 2. The average molecular weight is 430 g/mol. The molecule has 7 heteroatoms. The lowest BCUT2D eigenvalue weighted by Crippen LogP contribution is -2.44. The Morgan fingerprint density at radius 1 is 0.968 bits per heavy atom. The maximum Gasteiger partial charge on any atom is 0.254 e. The zero-order valence-corrected chi connectivity index (χ0v) is 19.2. The van der Waals surface area contributed by atoms with E-state index in [2.05, 4.69) is 6.92 Å². The number of aromatic nitrogens is 1. The third-order valence-electron chi connectivity index (χ3n) is 5.32. The molecular weight excluding hydrogens is 394 g/mol. The highest BCUT2D eigenvalue weighted by atomic mass is 16.5. The van der Waals surface area contributed by atoms with Crippen molar-refractivity contribution in [3.05, 3.63) is 59.4 Å². The second kappa shape index (κ2) is 12.9. The molecule has 0 N–H and O–H groups in total. The Kier molecular flexibility index (Phi) is 10.3. The fourth-order valence-electron chi connectivity index (χ4n) is 3.33. The van der Waals surface area contributed by atoms with Gasteiger partial charge in [0.05, 0.1) is 13.2 Å². The molecule has 0 atom stereocenters. The molecule has 0 radical (unpaired) electrons. The number of hydrogen-bond acceptors (Lipinski definition) is 4. The molecule has 2 aromatic rings. The normalized spacial score (nSPS) is 10.8. The van der Waals surface area contributed by atoms with Gasteiger partial charge < -0.3 is 23.8 Å². The predicted molar refractivity (Wildman–Crippen MR) is 121 cm³/mol. The zero-order valence-electron chi connectivity index (χ0n) is 19.2. The molecule has 7 nitrogen and oxygen atoms in total. The first-order valence-corrected chi connectivity index (χ1v) is 10.7. The summed E-state index contributed by atoms with van der Waals surface area (Å²) in [6.45, 7) is 4.45. The molecule has 0 aliphatic carbocycles. The number of aryl methyl sites for hydroxylation is 2. The van der Waals surface area contributed by atoms with Gasteiger partial charge in [-0.25, -0.2) is 0 Å². The molecule has 0 fully saturated rings. The number of nitrogens with zero attached hydrogens (tertiary/aromatic N) is 3. The van der Waals surface area contributed by atoms with E-state index in [9.17, 15) is 9.59 Å². The van der Waals surface area contributed by atoms with Gasteiger partial charge in [-0.3, -0.25) is 9.59 Å². The zero-order chi connectivity index (χ0) is 22.6. The van der Waals surface area contributed by atoms with E-state index in [0.717, 1.165) is 12.1 Å². The predicted octanol–water partition coefficient (Wildman–Crippen LogP) is 2.74. The third kappa shape index (κ3) is 7.52. The highest BCUT2D eigenvalue weighted by Crippen LogP contribution is 2.11. The summed E-state index contributed by atoms with van der Waals surface area (Å²) in [7, 11) is 5.20. The molecule has 2 amide bonds. The molecule has 2 rings (SSSR count). The monoisotopic (exact) mass is 429 g/mol. The molecule has 0 bridgehead atoms. The van der Waals surface area contributed by atoms with E-state index in [-0.39, 0.29) is 18.4 Å². The third-order valence-corrected chi connectivity index (χ3v) is 5.32. The maximum atomic E-state index is 13.2. The first-order chi connectivity index (χ1) is 15.0. The van der Waals surface area contributed by atoms with Gasteiger partial charge in [-0.05, 0) is 42.7 Å². The highest BCUT2D eigenvalue weighted by molar-refractivity contribution is 5.96. The van der Waals surface area contributed by atoms with E-state index >= 15 is 0 Å². The van der Waals surface area contributed by atoms with Crippen molar-refractivity contribution in [2.75, 3.05) is 47.1 Å². The van der Waals surface area contributed by atoms with Gasteiger partial charge >= 0.3 is 0 Å². The fraction of sp³-hybridized carbons (Fsp3) is 0.500. The van der Waals surface area contributed by atoms with Crippen LogP contribution in [-0.4, -0.2) is 73.2 Å². The molecule has 1 heterocycles. The van der Waals surface area contributed by atoms with Crippen LogP contribution in [0.1, 0.15) is 35.0 Å². The number of carbonyl (C=O) groups excluding carboxylic acids is 2. The summed E-state index contributed by atoms with van der Waals surface area (Å²) in [5.41, 5.74) is 2.79. The van der Waals surface area contributed by atoms with Crippen LogP contribution in [0.3, 0.4) is 0 Å². The maximum absolute atomic E-state index is 13.2. The van der Waals surface area contributed by atoms with E-state index < -0.39 is 0 Å². The average Bonchev–Trinajstić information content (AvgIpc) is 3.19. The van der Waals surface area contributed by atoms with E-state index in [4.69, 9.17) is 9.47 Å². The Morgan fingerprint density at radius 3 is 2.26 bits per heavy atom. The number of ether oxygens (including phenoxy) is 2. The van der Waals surface area contributed by atoms with Crippen LogP contribution in [-0.2, 0) is 34.3 Å². The first-order valence-electron chi connectivity index (χ1n) is 10.7. The summed E-state index contributed by atoms with van der Waals surface area (Å²) < 4.78 is 12.3. The number of amides is 2. The quantitative estimate of drug-likeness (QED) is 0.459. The Bertz CT molecular complexity index is 816. The number of benzene rings is 1. The van der Waals surface area contributed by atoms with Crippen LogP contribution >= 0.6 is 0 Å². The summed E-state index contributed by atoms with van der Waals surface area (Å²) in [5.74, 6) is -0.244. The van der Waals surface area contributed by atoms with Crippen molar-refractivity contribution in [1.29, 1.82) is 0 Å². The lowest BCUT2D eigenvalue weighted by atomic mass is 10.1. The molecule has 0 aliphatic rings. The van der Waals surface area contributed by atoms with Gasteiger partial charge in [0.25, 0.3) is 5.91 Å². The summed E-state index contributed by atoms with van der Waals surface area (Å²) in [4.78, 5) is 29.7. The van der Waals surface area contributed by atoms with Crippen molar-refractivity contribution < 1.29 is 19.1 Å². The Morgan fingerprint density at radius 2 is 1.68 bits per heavy atom. The second-order valence-corrected chi connectivity index (χ2v) is 7.54. The minimum atomic E-state index is -0.141. The lowest BCUT2D eigenvalue weighted by Gasteiger charge is -2.28. The van der Waals surface area contributed by atoms with Gasteiger partial charge in [-0.2, -0.15) is 0 Å². The fourth-order valence-corrected chi connectivity index (χ4v) is 3.33. The summed E-state index contributed by atoms with van der Waals surface area (Å²) in [5, 5.41) is 0. The number of methoxy groups -OCH3 is 2. The van der Waals surface area contributed by atoms with Crippen molar-refractivity contribution in [3.63, 3.8) is 0 Å². The molecule has 0 spiro atoms. The molecule has 1 aromatic carbocycles. The number of hydrogen-bond donors (Lipinski definition) is 0. The van der Waals surface area contributed by atoms with Crippen molar-refractivity contribution in [2.24, 2.45) is 7.05 Å². The molecule has 0 unspecified atom stereocenters. The van der Waals surface area contributed by atoms with Crippen molar-refractivity contribution in [2.45, 2.75) is 26.3 Å². The van der Waals surface area contributed by atoms with Crippen LogP contribution in [0.2, 0.25) is 0 Å². The van der Waals surface area contributed by atoms with Crippen LogP contribution in [0.5, 0.6) is 0 Å². The van der Waals surface area contributed by atoms with Crippen LogP contribution in [0.15, 0.2) is 42.6 Å². The molecule has 0 saturated heterocycles. The Labute approximate surface area is 185 Å². The van der Waals surface area contributed by atoms with Crippen molar-refractivity contribution in [1.82, 2.24) is 14.4 Å². The molecule has 170 valence electrons. The van der Waals surface area contributed by atoms with Gasteiger partial charge in [0.2, 0.25) is 5.91 Å². The van der Waals surface area contributed by atoms with E-state index in [1.807, 2.05) is 54.2 Å². The highest BCUT2D eigenvalue weighted by Gasteiger charge is 2.23. The summed E-state index contributed by atoms with van der Waals surface area (Å²) >= 11 is 0. The summed E-state index contributed by atoms with van der Waals surface area (Å²) in [6.07, 6.45) is 3.53. The van der Waals surface area contributed by atoms with Gasteiger partial charge in [0, 0.05) is 58.4 Å². The van der Waals surface area contributed by atoms with Crippen LogP contribution in [0.4, 0.5) is 0 Å². The van der Waals surface area contributed by atoms with Gasteiger partial charge in [0.1, 0.15) is 6.54 Å². The van der Waals surface area contributed by atoms with Gasteiger partial charge in [-0.1, -0.05) is 19.1 Å². The van der Waals surface area contributed by atoms with E-state index in [1.54, 1.807) is 24.0 Å². The van der Waals surface area contributed by atoms with Crippen LogP contribution < -0.4 is 0 Å². The number of rotatable bonds is 13. The minimum absolute atomic E-state index is 0.0201. The Hall–Kier alpha value is -2.64. The topological polar surface area (TPSA) is 64.0 Å². The van der Waals surface area contributed by atoms with Crippen molar-refractivity contribution in [3.8, 4) is 0 Å². The largest absolute Gasteiger partial charge is 0.385 e. The molecule has 31 heavy (non-hydrogen) atoms. The van der Waals surface area contributed by atoms with Crippen LogP contribution in [0.25, 0.3) is 0 Å². The molecule has 1 aromatic heterocycles. The first kappa shape index (κ1) is 24.6. The lowest BCUT2D eigenvalue weighted by molar-refractivity contribution is -0.133. The van der Waals surface area contributed by atoms with Gasteiger partial charge in [0.15, 0.2) is 0 Å². The SMILES string of the molecule is CCc1ccc(C(=O)N(CCCOC)CC(=O)N(CCOC)Cc2cccn2C)cc1. The second-order valence-electron chi connectivity index (χ2n) is 7.54. The summed E-state index contributed by atoms with van der Waals surface area (Å²) in [6, 6.07) is 11.5. The molecule has 0 saturated carbocycles. The van der Waals surface area contributed by atoms with Crippen molar-refractivity contribution >= 4 is 11.8 Å². The standard InChI is InChI=1S/C24H35N3O4/c1-5-20-9-11-21(12-10-20)24(29)27(14-7-16-30-3)19-23(28)26(15-17-31-4)18-22-8-6-13-25(22)2/h6,8-13H,5,7,14-19H2,1-4H3. The van der Waals surface area contributed by atoms with E-state index in [1.165, 1.54) is 5.56 Å². The Balaban J connectivity index is 2.15. The van der Waals surface area contributed by atoms with Gasteiger partial charge in [-0.15, -0.1) is 0 Å². The van der Waals surface area contributed by atoms with E-state index in [0.29, 0.717) is 44.8 Å². The smallest absolute Gasteiger partial charge is 0.254 e. The molecular formula is C24H35N3O4. The minimum Gasteiger partial charge on any atom is -0.385 e.